The van der Waals surface area contributed by atoms with E-state index in [1.807, 2.05) is 0 Å². The Morgan fingerprint density at radius 2 is 1.81 bits per heavy atom. The second kappa shape index (κ2) is 4.96. The first-order valence-electron chi connectivity index (χ1n) is 3.95. The number of ketones is 1. The van der Waals surface area contributed by atoms with Crippen LogP contribution in [0.3, 0.4) is 0 Å². The molecule has 94 valence electrons. The largest absolute Gasteiger partial charge is 0.480 e. The highest BCUT2D eigenvalue weighted by Gasteiger charge is 2.54. The first kappa shape index (κ1) is 15.1. The maximum absolute atomic E-state index is 12.7. The van der Waals surface area contributed by atoms with Gasteiger partial charge in [0.2, 0.25) is 5.78 Å². The van der Waals surface area contributed by atoms with Crippen LogP contribution in [0.4, 0.5) is 8.78 Å². The number of Topliss-reactive ketones (excluding diaryl/α,β-unsaturated/α-hetero) is 1. The number of carboxylic acids is 1. The smallest absolute Gasteiger partial charge is 0.402 e. The van der Waals surface area contributed by atoms with Crippen molar-refractivity contribution in [1.82, 2.24) is 0 Å². The van der Waals surface area contributed by atoms with Crippen molar-refractivity contribution in [3.8, 4) is 0 Å². The van der Waals surface area contributed by atoms with Gasteiger partial charge >= 0.3 is 19.2 Å². The molecule has 16 heavy (non-hydrogen) atoms. The summed E-state index contributed by atoms with van der Waals surface area (Å²) in [5, 5.41) is 8.28. The summed E-state index contributed by atoms with van der Waals surface area (Å²) in [6.07, 6.45) is -1.64. The van der Waals surface area contributed by atoms with Gasteiger partial charge in [0, 0.05) is 6.42 Å². The molecule has 0 aliphatic rings. The van der Waals surface area contributed by atoms with E-state index in [-0.39, 0.29) is 0 Å². The van der Waals surface area contributed by atoms with E-state index in [2.05, 4.69) is 0 Å². The molecule has 0 aromatic rings. The van der Waals surface area contributed by atoms with Gasteiger partial charge in [-0.1, -0.05) is 0 Å². The number of hydrogen-bond donors (Lipinski definition) is 4. The van der Waals surface area contributed by atoms with E-state index in [1.54, 1.807) is 0 Å². The lowest BCUT2D eigenvalue weighted by atomic mass is 10.1. The van der Waals surface area contributed by atoms with Crippen LogP contribution < -0.4 is 5.73 Å². The first-order valence-corrected chi connectivity index (χ1v) is 5.56. The predicted octanol–water partition coefficient (Wildman–Crippen LogP) is -0.482. The lowest BCUT2D eigenvalue weighted by Gasteiger charge is -2.16. The van der Waals surface area contributed by atoms with E-state index in [1.165, 1.54) is 0 Å². The Balaban J connectivity index is 4.50. The molecule has 5 N–H and O–H groups in total. The standard InChI is InChI=1S/C6H10F2NO6P/c7-6(8,16(13,14)15)4(10)2-1-3(9)5(11)12/h3H,1-2,9H2,(H,11,12)(H2,13,14,15)/t3-/m0/s1. The molecule has 0 heterocycles. The third kappa shape index (κ3) is 3.60. The molecular weight excluding hydrogens is 251 g/mol. The molecule has 0 unspecified atom stereocenters. The fourth-order valence-electron chi connectivity index (χ4n) is 0.723. The number of carbonyl (C=O) groups excluding carboxylic acids is 1. The van der Waals surface area contributed by atoms with Gasteiger partial charge in [-0.05, 0) is 6.42 Å². The van der Waals surface area contributed by atoms with Crippen LogP contribution in [0.5, 0.6) is 0 Å². The fraction of sp³-hybridized carbons (Fsp3) is 0.667. The van der Waals surface area contributed by atoms with E-state index in [0.717, 1.165) is 0 Å². The molecule has 1 atom stereocenters. The molecule has 7 nitrogen and oxygen atoms in total. The molecule has 0 aliphatic carbocycles. The minimum Gasteiger partial charge on any atom is -0.480 e. The summed E-state index contributed by atoms with van der Waals surface area (Å²) < 4.78 is 35.6. The Kier molecular flexibility index (Phi) is 4.68. The Hall–Kier alpha value is -0.890. The summed E-state index contributed by atoms with van der Waals surface area (Å²) in [5.41, 5.74) is 0.126. The highest BCUT2D eigenvalue weighted by atomic mass is 31.2. The molecule has 0 saturated carbocycles. The molecule has 10 heteroatoms. The van der Waals surface area contributed by atoms with Crippen LogP contribution in [0.15, 0.2) is 0 Å². The van der Waals surface area contributed by atoms with Gasteiger partial charge in [-0.15, -0.1) is 0 Å². The zero-order valence-electron chi connectivity index (χ0n) is 7.84. The number of carboxylic acid groups (broad SMARTS) is 1. The van der Waals surface area contributed by atoms with E-state index in [0.29, 0.717) is 0 Å². The number of nitrogens with two attached hydrogens (primary N) is 1. The van der Waals surface area contributed by atoms with Gasteiger partial charge in [0.15, 0.2) is 0 Å². The number of alkyl halides is 2. The van der Waals surface area contributed by atoms with Gasteiger partial charge < -0.3 is 20.6 Å². The number of aliphatic carboxylic acids is 1. The molecule has 0 aromatic heterocycles. The van der Waals surface area contributed by atoms with Crippen LogP contribution in [0.1, 0.15) is 12.8 Å². The zero-order valence-corrected chi connectivity index (χ0v) is 8.73. The van der Waals surface area contributed by atoms with Crippen LogP contribution in [-0.4, -0.2) is 38.4 Å². The second-order valence-corrected chi connectivity index (χ2v) is 4.64. The van der Waals surface area contributed by atoms with E-state index >= 15 is 0 Å². The minimum atomic E-state index is -5.88. The Morgan fingerprint density at radius 1 is 1.38 bits per heavy atom. The van der Waals surface area contributed by atoms with Crippen molar-refractivity contribution in [2.24, 2.45) is 5.73 Å². The third-order valence-electron chi connectivity index (χ3n) is 1.70. The Bertz CT molecular complexity index is 340. The molecule has 0 aromatic carbocycles. The summed E-state index contributed by atoms with van der Waals surface area (Å²) in [7, 11) is -5.88. The van der Waals surface area contributed by atoms with Crippen molar-refractivity contribution in [2.45, 2.75) is 24.5 Å². The quantitative estimate of drug-likeness (QED) is 0.473. The van der Waals surface area contributed by atoms with Crippen molar-refractivity contribution < 1.29 is 37.8 Å². The molecule has 0 aliphatic heterocycles. The van der Waals surface area contributed by atoms with Gasteiger partial charge in [0.1, 0.15) is 6.04 Å². The maximum Gasteiger partial charge on any atom is 0.402 e. The lowest BCUT2D eigenvalue weighted by molar-refractivity contribution is -0.139. The maximum atomic E-state index is 12.7. The van der Waals surface area contributed by atoms with Gasteiger partial charge in [-0.2, -0.15) is 8.78 Å². The summed E-state index contributed by atoms with van der Waals surface area (Å²) in [5.74, 6) is -3.52. The highest BCUT2D eigenvalue weighted by Crippen LogP contribution is 2.53. The average Bonchev–Trinajstić information content (AvgIpc) is 2.11. The third-order valence-corrected chi connectivity index (χ3v) is 2.68. The van der Waals surface area contributed by atoms with Gasteiger partial charge in [0.25, 0.3) is 0 Å². The minimum absolute atomic E-state index is 0.621. The van der Waals surface area contributed by atoms with Crippen molar-refractivity contribution in [3.05, 3.63) is 0 Å². The van der Waals surface area contributed by atoms with E-state index < -0.39 is 43.9 Å². The molecule has 0 amide bonds. The van der Waals surface area contributed by atoms with Gasteiger partial charge in [0.05, 0.1) is 0 Å². The second-order valence-electron chi connectivity index (χ2n) is 2.99. The average molecular weight is 261 g/mol. The number of halogens is 2. The van der Waals surface area contributed by atoms with Gasteiger partial charge in [-0.3, -0.25) is 14.2 Å². The number of hydrogen-bond acceptors (Lipinski definition) is 4. The molecule has 0 fully saturated rings. The van der Waals surface area contributed by atoms with Crippen LogP contribution in [0.25, 0.3) is 0 Å². The van der Waals surface area contributed by atoms with E-state index in [4.69, 9.17) is 20.6 Å². The fourth-order valence-corrected chi connectivity index (χ4v) is 1.16. The lowest BCUT2D eigenvalue weighted by Crippen LogP contribution is -2.34. The number of carbonyl (C=O) groups is 2. The van der Waals surface area contributed by atoms with Crippen LogP contribution >= 0.6 is 7.60 Å². The van der Waals surface area contributed by atoms with E-state index in [9.17, 15) is 22.9 Å². The van der Waals surface area contributed by atoms with Crippen LogP contribution in [0.2, 0.25) is 0 Å². The normalized spacial score (nSPS) is 14.6. The van der Waals surface area contributed by atoms with Crippen LogP contribution in [-0.2, 0) is 14.2 Å². The molecule has 0 bridgehead atoms. The Morgan fingerprint density at radius 3 is 2.12 bits per heavy atom. The van der Waals surface area contributed by atoms with Gasteiger partial charge in [-0.25, -0.2) is 0 Å². The Labute approximate surface area is 88.4 Å². The molecule has 0 rings (SSSR count). The van der Waals surface area contributed by atoms with Crippen molar-refractivity contribution in [2.75, 3.05) is 0 Å². The molecule has 0 radical (unpaired) electrons. The predicted molar refractivity (Wildman–Crippen MR) is 46.8 cm³/mol. The number of rotatable bonds is 6. The first-order chi connectivity index (χ1) is 7.00. The summed E-state index contributed by atoms with van der Waals surface area (Å²) >= 11 is 0. The van der Waals surface area contributed by atoms with Crippen molar-refractivity contribution in [1.29, 1.82) is 0 Å². The summed E-state index contributed by atoms with van der Waals surface area (Å²) in [6.45, 7) is 0. The summed E-state index contributed by atoms with van der Waals surface area (Å²) in [4.78, 5) is 37.3. The topological polar surface area (TPSA) is 138 Å². The highest BCUT2D eigenvalue weighted by molar-refractivity contribution is 7.54. The summed E-state index contributed by atoms with van der Waals surface area (Å²) in [6, 6.07) is -1.53. The SMILES string of the molecule is N[C@@H](CCC(=O)C(F)(F)P(=O)(O)O)C(=O)O. The monoisotopic (exact) mass is 261 g/mol. The molecule has 0 saturated heterocycles. The molecular formula is C6H10F2NO6P. The van der Waals surface area contributed by atoms with Crippen molar-refractivity contribution in [3.63, 3.8) is 0 Å². The molecule has 0 spiro atoms. The van der Waals surface area contributed by atoms with Crippen molar-refractivity contribution >= 4 is 19.3 Å². The zero-order chi connectivity index (χ0) is 13.1. The van der Waals surface area contributed by atoms with Crippen LogP contribution in [0, 0.1) is 0 Å².